The zero-order valence-corrected chi connectivity index (χ0v) is 17.8. The Bertz CT molecular complexity index is 1160. The Balaban J connectivity index is 1.53. The number of hydrogen-bond acceptors (Lipinski definition) is 6. The molecule has 3 rings (SSSR count). The Kier molecular flexibility index (Phi) is 7.22. The van der Waals surface area contributed by atoms with Crippen LogP contribution in [0.2, 0.25) is 5.02 Å². The van der Waals surface area contributed by atoms with Crippen LogP contribution in [0.5, 0.6) is 0 Å². The molecule has 0 spiro atoms. The summed E-state index contributed by atoms with van der Waals surface area (Å²) in [7, 11) is 0. The maximum absolute atomic E-state index is 12.2. The normalized spacial score (nSPS) is 10.7. The van der Waals surface area contributed by atoms with Crippen molar-refractivity contribution < 1.29 is 14.3 Å². The SMILES string of the molecule is CC(=O)N(CCOC(=O)Nc1nc2ccc(C)cc2c(=O)[nH]1)NCc1ccccc1Cl. The minimum atomic E-state index is -0.802. The monoisotopic (exact) mass is 443 g/mol. The van der Waals surface area contributed by atoms with Gasteiger partial charge in [0.05, 0.1) is 17.4 Å². The molecule has 0 unspecified atom stereocenters. The van der Waals surface area contributed by atoms with Gasteiger partial charge in [0, 0.05) is 18.5 Å². The van der Waals surface area contributed by atoms with E-state index in [0.717, 1.165) is 11.1 Å². The topological polar surface area (TPSA) is 116 Å². The third-order valence-corrected chi connectivity index (χ3v) is 4.80. The number of carbonyl (C=O) groups excluding carboxylic acids is 2. The lowest BCUT2D eigenvalue weighted by Gasteiger charge is -2.22. The Hall–Kier alpha value is -3.43. The molecule has 0 aliphatic rings. The number of H-pyrrole nitrogens is 1. The van der Waals surface area contributed by atoms with E-state index in [4.69, 9.17) is 16.3 Å². The Morgan fingerprint density at radius 2 is 2.00 bits per heavy atom. The standard InChI is InChI=1S/C21H22ClN5O4/c1-13-7-8-18-16(11-13)19(29)25-20(24-18)26-21(30)31-10-9-27(14(2)28)23-12-15-5-3-4-6-17(15)22/h3-8,11,23H,9-10,12H2,1-2H3,(H2,24,25,26,29,30). The van der Waals surface area contributed by atoms with Crippen molar-refractivity contribution in [2.45, 2.75) is 20.4 Å². The second kappa shape index (κ2) is 10.1. The van der Waals surface area contributed by atoms with Gasteiger partial charge in [0.25, 0.3) is 5.56 Å². The molecule has 162 valence electrons. The first-order valence-corrected chi connectivity index (χ1v) is 9.91. The van der Waals surface area contributed by atoms with Gasteiger partial charge in [-0.05, 0) is 30.7 Å². The van der Waals surface area contributed by atoms with E-state index in [1.54, 1.807) is 18.2 Å². The van der Waals surface area contributed by atoms with Gasteiger partial charge in [-0.3, -0.25) is 24.9 Å². The van der Waals surface area contributed by atoms with Crippen molar-refractivity contribution in [3.05, 3.63) is 69.0 Å². The predicted octanol–water partition coefficient (Wildman–Crippen LogP) is 2.99. The smallest absolute Gasteiger partial charge is 0.414 e. The average molecular weight is 444 g/mol. The number of benzene rings is 2. The third kappa shape index (κ3) is 6.03. The fraction of sp³-hybridized carbons (Fsp3) is 0.238. The van der Waals surface area contributed by atoms with E-state index in [-0.39, 0.29) is 30.6 Å². The quantitative estimate of drug-likeness (QED) is 0.483. The fourth-order valence-corrected chi connectivity index (χ4v) is 3.05. The Morgan fingerprint density at radius 3 is 2.74 bits per heavy atom. The number of carbonyl (C=O) groups is 2. The van der Waals surface area contributed by atoms with Gasteiger partial charge in [-0.1, -0.05) is 41.4 Å². The first kappa shape index (κ1) is 22.3. The lowest BCUT2D eigenvalue weighted by molar-refractivity contribution is -0.132. The third-order valence-electron chi connectivity index (χ3n) is 4.43. The van der Waals surface area contributed by atoms with Gasteiger partial charge in [0.15, 0.2) is 0 Å². The average Bonchev–Trinajstić information content (AvgIpc) is 2.72. The lowest BCUT2D eigenvalue weighted by Crippen LogP contribution is -2.43. The molecule has 0 saturated carbocycles. The zero-order chi connectivity index (χ0) is 22.4. The van der Waals surface area contributed by atoms with Gasteiger partial charge < -0.3 is 4.74 Å². The summed E-state index contributed by atoms with van der Waals surface area (Å²) in [5, 5.41) is 4.73. The molecule has 3 aromatic rings. The van der Waals surface area contributed by atoms with Crippen molar-refractivity contribution in [3.63, 3.8) is 0 Å². The molecule has 1 heterocycles. The van der Waals surface area contributed by atoms with Gasteiger partial charge >= 0.3 is 6.09 Å². The highest BCUT2D eigenvalue weighted by Crippen LogP contribution is 2.14. The number of hydrazine groups is 1. The molecular formula is C21H22ClN5O4. The summed E-state index contributed by atoms with van der Waals surface area (Å²) in [4.78, 5) is 42.8. The maximum Gasteiger partial charge on any atom is 0.414 e. The minimum Gasteiger partial charge on any atom is -0.447 e. The van der Waals surface area contributed by atoms with Crippen LogP contribution < -0.4 is 16.3 Å². The van der Waals surface area contributed by atoms with Crippen LogP contribution in [-0.4, -0.2) is 40.1 Å². The Labute approximate surface area is 183 Å². The highest BCUT2D eigenvalue weighted by molar-refractivity contribution is 6.31. The number of aromatic nitrogens is 2. The molecule has 0 saturated heterocycles. The van der Waals surface area contributed by atoms with Gasteiger partial charge in [0.2, 0.25) is 11.9 Å². The fourth-order valence-electron chi connectivity index (χ4n) is 2.84. The van der Waals surface area contributed by atoms with Gasteiger partial charge in [-0.2, -0.15) is 0 Å². The number of aryl methyl sites for hydroxylation is 1. The van der Waals surface area contributed by atoms with Gasteiger partial charge in [0.1, 0.15) is 6.61 Å². The van der Waals surface area contributed by atoms with Crippen LogP contribution in [0.3, 0.4) is 0 Å². The first-order chi connectivity index (χ1) is 14.8. The maximum atomic E-state index is 12.2. The molecule has 3 N–H and O–H groups in total. The van der Waals surface area contributed by atoms with E-state index in [9.17, 15) is 14.4 Å². The molecule has 10 heteroatoms. The van der Waals surface area contributed by atoms with Crippen molar-refractivity contribution in [3.8, 4) is 0 Å². The molecule has 1 aromatic heterocycles. The number of halogens is 1. The summed E-state index contributed by atoms with van der Waals surface area (Å²) < 4.78 is 5.10. The number of ether oxygens (including phenoxy) is 1. The number of fused-ring (bicyclic) bond motifs is 1. The van der Waals surface area contributed by atoms with Gasteiger partial charge in [-0.15, -0.1) is 0 Å². The van der Waals surface area contributed by atoms with Crippen LogP contribution in [0.15, 0.2) is 47.3 Å². The zero-order valence-electron chi connectivity index (χ0n) is 17.1. The highest BCUT2D eigenvalue weighted by atomic mass is 35.5. The van der Waals surface area contributed by atoms with E-state index in [0.29, 0.717) is 22.5 Å². The molecule has 0 fully saturated rings. The molecule has 0 aliphatic carbocycles. The number of amides is 2. The Morgan fingerprint density at radius 1 is 1.23 bits per heavy atom. The molecule has 0 aliphatic heterocycles. The van der Waals surface area contributed by atoms with Crippen LogP contribution in [0, 0.1) is 6.92 Å². The summed E-state index contributed by atoms with van der Waals surface area (Å²) >= 11 is 6.11. The van der Waals surface area contributed by atoms with Crippen molar-refractivity contribution in [1.29, 1.82) is 0 Å². The lowest BCUT2D eigenvalue weighted by atomic mass is 10.2. The van der Waals surface area contributed by atoms with Crippen LogP contribution >= 0.6 is 11.6 Å². The second-order valence-corrected chi connectivity index (χ2v) is 7.20. The van der Waals surface area contributed by atoms with Gasteiger partial charge in [-0.25, -0.2) is 15.2 Å². The molecule has 9 nitrogen and oxygen atoms in total. The van der Waals surface area contributed by atoms with Crippen LogP contribution in [0.1, 0.15) is 18.1 Å². The number of hydrogen-bond donors (Lipinski definition) is 3. The van der Waals surface area contributed by atoms with Crippen molar-refractivity contribution in [1.82, 2.24) is 20.4 Å². The van der Waals surface area contributed by atoms with E-state index < -0.39 is 6.09 Å². The number of nitrogens with zero attached hydrogens (tertiary/aromatic N) is 2. The number of anilines is 1. The summed E-state index contributed by atoms with van der Waals surface area (Å²) in [5.74, 6) is -0.265. The molecule has 0 atom stereocenters. The molecule has 0 bridgehead atoms. The van der Waals surface area contributed by atoms with Crippen molar-refractivity contribution >= 4 is 40.5 Å². The molecule has 2 amide bonds. The molecule has 31 heavy (non-hydrogen) atoms. The highest BCUT2D eigenvalue weighted by Gasteiger charge is 2.12. The number of aromatic amines is 1. The molecule has 2 aromatic carbocycles. The van der Waals surface area contributed by atoms with Crippen LogP contribution in [0.4, 0.5) is 10.7 Å². The molecule has 0 radical (unpaired) electrons. The van der Waals surface area contributed by atoms with E-state index in [2.05, 4.69) is 20.7 Å². The van der Waals surface area contributed by atoms with Crippen molar-refractivity contribution in [2.75, 3.05) is 18.5 Å². The summed E-state index contributed by atoms with van der Waals surface area (Å²) in [5.41, 5.74) is 4.81. The largest absolute Gasteiger partial charge is 0.447 e. The van der Waals surface area contributed by atoms with Crippen LogP contribution in [0.25, 0.3) is 10.9 Å². The summed E-state index contributed by atoms with van der Waals surface area (Å²) in [6.07, 6.45) is -0.802. The van der Waals surface area contributed by atoms with Crippen molar-refractivity contribution in [2.24, 2.45) is 0 Å². The van der Waals surface area contributed by atoms with E-state index in [1.165, 1.54) is 11.9 Å². The van der Waals surface area contributed by atoms with E-state index >= 15 is 0 Å². The van der Waals surface area contributed by atoms with Crippen LogP contribution in [-0.2, 0) is 16.1 Å². The van der Waals surface area contributed by atoms with E-state index in [1.807, 2.05) is 31.2 Å². The predicted molar refractivity (Wildman–Crippen MR) is 118 cm³/mol. The first-order valence-electron chi connectivity index (χ1n) is 9.53. The number of nitrogens with one attached hydrogen (secondary N) is 3. The number of rotatable bonds is 7. The summed E-state index contributed by atoms with van der Waals surface area (Å²) in [6, 6.07) is 12.5. The second-order valence-electron chi connectivity index (χ2n) is 6.79. The molecular weight excluding hydrogens is 422 g/mol. The summed E-state index contributed by atoms with van der Waals surface area (Å²) in [6.45, 7) is 3.65. The minimum absolute atomic E-state index is 0.0216.